The summed E-state index contributed by atoms with van der Waals surface area (Å²) in [5.74, 6) is -1.20. The van der Waals surface area contributed by atoms with E-state index >= 15 is 0 Å². The van der Waals surface area contributed by atoms with E-state index < -0.39 is 5.91 Å². The lowest BCUT2D eigenvalue weighted by molar-refractivity contribution is 0.0642. The van der Waals surface area contributed by atoms with E-state index in [4.69, 9.17) is 0 Å². The number of carbonyl (C=O) groups is 4. The number of aromatic hydroxyl groups is 1. The van der Waals surface area contributed by atoms with Gasteiger partial charge in [0.15, 0.2) is 5.78 Å². The molecule has 0 atom stereocenters. The van der Waals surface area contributed by atoms with E-state index in [-0.39, 0.29) is 29.9 Å². The molecule has 0 saturated heterocycles. The zero-order chi connectivity index (χ0) is 26.6. The summed E-state index contributed by atoms with van der Waals surface area (Å²) in [4.78, 5) is 52.1. The monoisotopic (exact) mass is 502 g/mol. The number of hydrogen-bond donors (Lipinski definition) is 2. The van der Waals surface area contributed by atoms with Gasteiger partial charge >= 0.3 is 0 Å². The molecule has 0 fully saturated rings. The molecule has 3 amide bonds. The molecule has 0 aromatic heterocycles. The van der Waals surface area contributed by atoms with E-state index in [0.29, 0.717) is 33.5 Å². The summed E-state index contributed by atoms with van der Waals surface area (Å²) in [6, 6.07) is 26.5. The van der Waals surface area contributed by atoms with Crippen LogP contribution < -0.4 is 5.32 Å². The van der Waals surface area contributed by atoms with Crippen molar-refractivity contribution in [1.29, 1.82) is 0 Å². The molecule has 5 rings (SSSR count). The number of phenols is 1. The number of ketones is 1. The van der Waals surface area contributed by atoms with Crippen molar-refractivity contribution in [3.8, 4) is 5.75 Å². The zero-order valence-corrected chi connectivity index (χ0v) is 20.1. The Kier molecular flexibility index (Phi) is 6.65. The average molecular weight is 503 g/mol. The topological polar surface area (TPSA) is 104 Å². The first-order chi connectivity index (χ1) is 18.4. The van der Waals surface area contributed by atoms with Crippen LogP contribution in [0.5, 0.6) is 5.75 Å². The number of nitrogens with one attached hydrogen (secondary N) is 1. The summed E-state index contributed by atoms with van der Waals surface area (Å²) in [6.45, 7) is 0.0464. The Hall–Kier alpha value is -5.30. The molecule has 0 saturated carbocycles. The average Bonchev–Trinajstić information content (AvgIpc) is 3.18. The van der Waals surface area contributed by atoms with E-state index in [2.05, 4.69) is 5.32 Å². The summed E-state index contributed by atoms with van der Waals surface area (Å²) in [5.41, 5.74) is 3.35. The third-order valence-corrected chi connectivity index (χ3v) is 6.13. The quantitative estimate of drug-likeness (QED) is 0.202. The van der Waals surface area contributed by atoms with Crippen molar-refractivity contribution >= 4 is 35.3 Å². The van der Waals surface area contributed by atoms with Crippen LogP contribution in [0, 0.1) is 0 Å². The van der Waals surface area contributed by atoms with Crippen LogP contribution in [0.1, 0.15) is 52.6 Å². The molecule has 4 aromatic rings. The minimum absolute atomic E-state index is 0.0464. The zero-order valence-electron chi connectivity index (χ0n) is 20.1. The standard InChI is InChI=1S/C31H22N2O5/c34-25-14-11-20(12-15-25)13-16-28(35)22-6-4-8-24(18-22)32-29(36)23-7-3-5-21(17-23)19-33-30(37)26-9-1-2-10-27(26)31(33)38/h1-18,34H,19H2,(H,32,36)/b16-13+. The second-order valence-electron chi connectivity index (χ2n) is 8.77. The van der Waals surface area contributed by atoms with E-state index in [0.717, 1.165) is 5.56 Å². The fourth-order valence-electron chi connectivity index (χ4n) is 4.18. The minimum Gasteiger partial charge on any atom is -0.508 e. The smallest absolute Gasteiger partial charge is 0.261 e. The molecule has 1 aliphatic heterocycles. The lowest BCUT2D eigenvalue weighted by Crippen LogP contribution is -2.29. The molecule has 2 N–H and O–H groups in total. The van der Waals surface area contributed by atoms with Gasteiger partial charge < -0.3 is 10.4 Å². The van der Waals surface area contributed by atoms with Crippen molar-refractivity contribution in [2.24, 2.45) is 0 Å². The number of imide groups is 1. The van der Waals surface area contributed by atoms with Gasteiger partial charge in [-0.25, -0.2) is 0 Å². The molecule has 7 heteroatoms. The van der Waals surface area contributed by atoms with E-state index in [1.807, 2.05) is 0 Å². The summed E-state index contributed by atoms with van der Waals surface area (Å²) in [6.07, 6.45) is 3.07. The van der Waals surface area contributed by atoms with Gasteiger partial charge in [0.05, 0.1) is 17.7 Å². The minimum atomic E-state index is -0.390. The van der Waals surface area contributed by atoms with E-state index in [1.54, 1.807) is 91.0 Å². The van der Waals surface area contributed by atoms with Crippen LogP contribution in [0.25, 0.3) is 6.08 Å². The number of anilines is 1. The molecular formula is C31H22N2O5. The molecular weight excluding hydrogens is 480 g/mol. The van der Waals surface area contributed by atoms with Crippen molar-refractivity contribution in [3.63, 3.8) is 0 Å². The fourth-order valence-corrected chi connectivity index (χ4v) is 4.18. The number of amides is 3. The Labute approximate surface area is 218 Å². The van der Waals surface area contributed by atoms with Gasteiger partial charge in [-0.3, -0.25) is 24.1 Å². The highest BCUT2D eigenvalue weighted by Crippen LogP contribution is 2.24. The highest BCUT2D eigenvalue weighted by Gasteiger charge is 2.35. The van der Waals surface area contributed by atoms with Gasteiger partial charge in [0, 0.05) is 16.8 Å². The SMILES string of the molecule is O=C(/C=C/c1ccc(O)cc1)c1cccc(NC(=O)c2cccc(CN3C(=O)c4ccccc4C3=O)c2)c1. The third-order valence-electron chi connectivity index (χ3n) is 6.13. The van der Waals surface area contributed by atoms with Crippen molar-refractivity contribution in [3.05, 3.63) is 137 Å². The Balaban J connectivity index is 1.26. The van der Waals surface area contributed by atoms with Crippen LogP contribution in [0.3, 0.4) is 0 Å². The van der Waals surface area contributed by atoms with Crippen molar-refractivity contribution in [2.75, 3.05) is 5.32 Å². The molecule has 7 nitrogen and oxygen atoms in total. The van der Waals surface area contributed by atoms with Gasteiger partial charge in [-0.2, -0.15) is 0 Å². The largest absolute Gasteiger partial charge is 0.508 e. The van der Waals surface area contributed by atoms with Gasteiger partial charge in [-0.05, 0) is 65.7 Å². The number of hydrogen-bond acceptors (Lipinski definition) is 5. The Morgan fingerprint density at radius 3 is 2.13 bits per heavy atom. The number of allylic oxidation sites excluding steroid dienone is 1. The summed E-state index contributed by atoms with van der Waals surface area (Å²) in [7, 11) is 0. The molecule has 0 aliphatic carbocycles. The maximum atomic E-state index is 13.0. The first kappa shape index (κ1) is 24.4. The van der Waals surface area contributed by atoms with Gasteiger partial charge in [-0.15, -0.1) is 0 Å². The maximum Gasteiger partial charge on any atom is 0.261 e. The normalized spacial score (nSPS) is 12.6. The third kappa shape index (κ3) is 5.12. The number of carbonyl (C=O) groups excluding carboxylic acids is 4. The maximum absolute atomic E-state index is 13.0. The number of benzene rings is 4. The van der Waals surface area contributed by atoms with Crippen molar-refractivity contribution in [1.82, 2.24) is 4.90 Å². The molecule has 0 spiro atoms. The molecule has 38 heavy (non-hydrogen) atoms. The molecule has 4 aromatic carbocycles. The van der Waals surface area contributed by atoms with Crippen LogP contribution in [-0.2, 0) is 6.54 Å². The first-order valence-corrected chi connectivity index (χ1v) is 11.9. The van der Waals surface area contributed by atoms with Gasteiger partial charge in [-0.1, -0.05) is 54.6 Å². The van der Waals surface area contributed by atoms with Crippen LogP contribution in [0.15, 0.2) is 103 Å². The molecule has 1 aliphatic rings. The Morgan fingerprint density at radius 2 is 1.42 bits per heavy atom. The Morgan fingerprint density at radius 1 is 0.763 bits per heavy atom. The summed E-state index contributed by atoms with van der Waals surface area (Å²) < 4.78 is 0. The first-order valence-electron chi connectivity index (χ1n) is 11.9. The summed E-state index contributed by atoms with van der Waals surface area (Å²) >= 11 is 0. The lowest BCUT2D eigenvalue weighted by atomic mass is 10.1. The predicted molar refractivity (Wildman–Crippen MR) is 143 cm³/mol. The van der Waals surface area contributed by atoms with E-state index in [1.165, 1.54) is 23.1 Å². The highest BCUT2D eigenvalue weighted by molar-refractivity contribution is 6.21. The number of rotatable bonds is 7. The second-order valence-corrected chi connectivity index (χ2v) is 8.77. The van der Waals surface area contributed by atoms with Gasteiger partial charge in [0.25, 0.3) is 17.7 Å². The van der Waals surface area contributed by atoms with Crippen molar-refractivity contribution in [2.45, 2.75) is 6.54 Å². The number of nitrogens with zero attached hydrogens (tertiary/aromatic N) is 1. The van der Waals surface area contributed by atoms with Gasteiger partial charge in [0.1, 0.15) is 5.75 Å². The fraction of sp³-hybridized carbons (Fsp3) is 0.0323. The lowest BCUT2D eigenvalue weighted by Gasteiger charge is -2.14. The van der Waals surface area contributed by atoms with Crippen LogP contribution in [-0.4, -0.2) is 33.5 Å². The molecule has 0 bridgehead atoms. The van der Waals surface area contributed by atoms with Crippen LogP contribution >= 0.6 is 0 Å². The number of fused-ring (bicyclic) bond motifs is 1. The van der Waals surface area contributed by atoms with E-state index in [9.17, 15) is 24.3 Å². The molecule has 0 radical (unpaired) electrons. The van der Waals surface area contributed by atoms with Crippen LogP contribution in [0.2, 0.25) is 0 Å². The van der Waals surface area contributed by atoms with Crippen LogP contribution in [0.4, 0.5) is 5.69 Å². The molecule has 186 valence electrons. The Bertz CT molecular complexity index is 1570. The van der Waals surface area contributed by atoms with Crippen molar-refractivity contribution < 1.29 is 24.3 Å². The number of phenolic OH excluding ortho intramolecular Hbond substituents is 1. The summed E-state index contributed by atoms with van der Waals surface area (Å²) in [5, 5.41) is 12.2. The predicted octanol–water partition coefficient (Wildman–Crippen LogP) is 5.34. The molecule has 1 heterocycles. The molecule has 0 unspecified atom stereocenters. The highest BCUT2D eigenvalue weighted by atomic mass is 16.3. The van der Waals surface area contributed by atoms with Gasteiger partial charge in [0.2, 0.25) is 0 Å². The second kappa shape index (κ2) is 10.4.